The molecule has 1 heterocycles. The zero-order valence-corrected chi connectivity index (χ0v) is 11.4. The third-order valence-corrected chi connectivity index (χ3v) is 3.44. The number of hydrogen-bond acceptors (Lipinski definition) is 2. The Labute approximate surface area is 112 Å². The molecule has 2 aromatic rings. The molecule has 0 bridgehead atoms. The summed E-state index contributed by atoms with van der Waals surface area (Å²) in [5, 5.41) is 13.0. The number of rotatable bonds is 5. The molecule has 0 aliphatic heterocycles. The van der Waals surface area contributed by atoms with Gasteiger partial charge in [0.1, 0.15) is 0 Å². The molecular formula is C15H20N2O2. The molecule has 1 aromatic carbocycles. The monoisotopic (exact) mass is 260 g/mol. The summed E-state index contributed by atoms with van der Waals surface area (Å²) in [6.07, 6.45) is 2.95. The summed E-state index contributed by atoms with van der Waals surface area (Å²) in [5.74, 6) is -0.0525. The van der Waals surface area contributed by atoms with Gasteiger partial charge in [-0.1, -0.05) is 25.1 Å². The first-order valence-electron chi connectivity index (χ1n) is 6.61. The molecule has 102 valence electrons. The van der Waals surface area contributed by atoms with Crippen molar-refractivity contribution in [2.75, 3.05) is 6.61 Å². The topological polar surface area (TPSA) is 65.1 Å². The maximum atomic E-state index is 11.9. The number of carbonyl (C=O) groups excluding carboxylic acids is 1. The zero-order valence-electron chi connectivity index (χ0n) is 11.4. The number of hydrogen-bond donors (Lipinski definition) is 3. The number of benzene rings is 1. The van der Waals surface area contributed by atoms with E-state index in [-0.39, 0.29) is 18.6 Å². The second-order valence-electron chi connectivity index (χ2n) is 4.84. The van der Waals surface area contributed by atoms with Crippen LogP contribution in [-0.4, -0.2) is 28.6 Å². The summed E-state index contributed by atoms with van der Waals surface area (Å²) in [6, 6.07) is 5.90. The van der Waals surface area contributed by atoms with Gasteiger partial charge in [-0.05, 0) is 24.5 Å². The fourth-order valence-corrected chi connectivity index (χ4v) is 2.24. The first-order valence-corrected chi connectivity index (χ1v) is 6.61. The first kappa shape index (κ1) is 13.6. The summed E-state index contributed by atoms with van der Waals surface area (Å²) < 4.78 is 0. The number of aromatic amines is 1. The molecule has 0 fully saturated rings. The molecule has 0 saturated heterocycles. The Kier molecular flexibility index (Phi) is 4.22. The molecule has 4 heteroatoms. The van der Waals surface area contributed by atoms with Gasteiger partial charge >= 0.3 is 0 Å². The molecule has 1 unspecified atom stereocenters. The van der Waals surface area contributed by atoms with Crippen LogP contribution in [0.2, 0.25) is 0 Å². The number of amides is 1. The second-order valence-corrected chi connectivity index (χ2v) is 4.84. The summed E-state index contributed by atoms with van der Waals surface area (Å²) in [5.41, 5.74) is 3.24. The van der Waals surface area contributed by atoms with Gasteiger partial charge in [0.2, 0.25) is 5.91 Å². The number of aromatic nitrogens is 1. The Morgan fingerprint density at radius 3 is 2.95 bits per heavy atom. The molecule has 0 aliphatic rings. The van der Waals surface area contributed by atoms with Gasteiger partial charge in [-0.3, -0.25) is 4.79 Å². The average Bonchev–Trinajstić information content (AvgIpc) is 2.81. The van der Waals surface area contributed by atoms with Crippen molar-refractivity contribution in [3.63, 3.8) is 0 Å². The Hall–Kier alpha value is -1.81. The third-order valence-electron chi connectivity index (χ3n) is 3.44. The van der Waals surface area contributed by atoms with Crippen LogP contribution in [0.5, 0.6) is 0 Å². The van der Waals surface area contributed by atoms with Gasteiger partial charge in [0.25, 0.3) is 0 Å². The van der Waals surface area contributed by atoms with Crippen LogP contribution in [0.15, 0.2) is 24.4 Å². The number of fused-ring (bicyclic) bond motifs is 1. The minimum atomic E-state index is -0.153. The van der Waals surface area contributed by atoms with E-state index in [1.54, 1.807) is 0 Å². The SMILES string of the molecule is CCC(CO)NC(=O)Cc1c[nH]c2c(C)cccc12. The maximum Gasteiger partial charge on any atom is 0.224 e. The molecule has 1 aromatic heterocycles. The lowest BCUT2D eigenvalue weighted by Crippen LogP contribution is -2.37. The fourth-order valence-electron chi connectivity index (χ4n) is 2.24. The van der Waals surface area contributed by atoms with Gasteiger partial charge in [-0.25, -0.2) is 0 Å². The zero-order chi connectivity index (χ0) is 13.8. The Balaban J connectivity index is 2.13. The maximum absolute atomic E-state index is 11.9. The molecule has 2 rings (SSSR count). The highest BCUT2D eigenvalue weighted by atomic mass is 16.3. The van der Waals surface area contributed by atoms with Crippen LogP contribution in [0.25, 0.3) is 10.9 Å². The van der Waals surface area contributed by atoms with E-state index in [2.05, 4.69) is 10.3 Å². The van der Waals surface area contributed by atoms with Crippen molar-refractivity contribution in [3.05, 3.63) is 35.5 Å². The van der Waals surface area contributed by atoms with Crippen molar-refractivity contribution >= 4 is 16.8 Å². The molecule has 0 spiro atoms. The first-order chi connectivity index (χ1) is 9.15. The highest BCUT2D eigenvalue weighted by Crippen LogP contribution is 2.21. The van der Waals surface area contributed by atoms with Crippen molar-refractivity contribution in [1.82, 2.24) is 10.3 Å². The Morgan fingerprint density at radius 1 is 1.47 bits per heavy atom. The van der Waals surface area contributed by atoms with E-state index in [1.807, 2.05) is 38.2 Å². The van der Waals surface area contributed by atoms with Crippen LogP contribution in [0, 0.1) is 6.92 Å². The van der Waals surface area contributed by atoms with Crippen LogP contribution in [0.4, 0.5) is 0 Å². The number of carbonyl (C=O) groups is 1. The van der Waals surface area contributed by atoms with E-state index < -0.39 is 0 Å². The van der Waals surface area contributed by atoms with Gasteiger partial charge < -0.3 is 15.4 Å². The van der Waals surface area contributed by atoms with Crippen molar-refractivity contribution < 1.29 is 9.90 Å². The minimum Gasteiger partial charge on any atom is -0.394 e. The minimum absolute atomic E-state index is 0.0186. The molecular weight excluding hydrogens is 240 g/mol. The van der Waals surface area contributed by atoms with E-state index in [9.17, 15) is 4.79 Å². The average molecular weight is 260 g/mol. The lowest BCUT2D eigenvalue weighted by Gasteiger charge is -2.13. The molecule has 1 amide bonds. The quantitative estimate of drug-likeness (QED) is 0.769. The molecule has 0 radical (unpaired) electrons. The fraction of sp³-hybridized carbons (Fsp3) is 0.400. The van der Waals surface area contributed by atoms with E-state index in [0.29, 0.717) is 6.42 Å². The van der Waals surface area contributed by atoms with Crippen molar-refractivity contribution in [3.8, 4) is 0 Å². The molecule has 3 N–H and O–H groups in total. The lowest BCUT2D eigenvalue weighted by atomic mass is 10.1. The van der Waals surface area contributed by atoms with E-state index in [1.165, 1.54) is 5.56 Å². The van der Waals surface area contributed by atoms with Gasteiger partial charge in [0.15, 0.2) is 0 Å². The number of aliphatic hydroxyl groups is 1. The van der Waals surface area contributed by atoms with Crippen LogP contribution in [-0.2, 0) is 11.2 Å². The van der Waals surface area contributed by atoms with Gasteiger partial charge in [0, 0.05) is 17.1 Å². The van der Waals surface area contributed by atoms with Crippen LogP contribution in [0.1, 0.15) is 24.5 Å². The second kappa shape index (κ2) is 5.89. The van der Waals surface area contributed by atoms with E-state index in [0.717, 1.165) is 22.9 Å². The van der Waals surface area contributed by atoms with Crippen molar-refractivity contribution in [2.24, 2.45) is 0 Å². The normalized spacial score (nSPS) is 12.6. The standard InChI is InChI=1S/C15H20N2O2/c1-3-12(9-18)17-14(19)7-11-8-16-15-10(2)5-4-6-13(11)15/h4-6,8,12,16,18H,3,7,9H2,1-2H3,(H,17,19). The summed E-state index contributed by atoms with van der Waals surface area (Å²) in [4.78, 5) is 15.1. The number of H-pyrrole nitrogens is 1. The number of aryl methyl sites for hydroxylation is 1. The van der Waals surface area contributed by atoms with Crippen LogP contribution in [0.3, 0.4) is 0 Å². The molecule has 4 nitrogen and oxygen atoms in total. The van der Waals surface area contributed by atoms with Gasteiger partial charge in [-0.2, -0.15) is 0 Å². The predicted molar refractivity (Wildman–Crippen MR) is 76.0 cm³/mol. The predicted octanol–water partition coefficient (Wildman–Crippen LogP) is 1.91. The summed E-state index contributed by atoms with van der Waals surface area (Å²) in [6.45, 7) is 3.97. The summed E-state index contributed by atoms with van der Waals surface area (Å²) in [7, 11) is 0. The lowest BCUT2D eigenvalue weighted by molar-refractivity contribution is -0.121. The van der Waals surface area contributed by atoms with Crippen molar-refractivity contribution in [2.45, 2.75) is 32.7 Å². The highest BCUT2D eigenvalue weighted by molar-refractivity contribution is 5.90. The van der Waals surface area contributed by atoms with Gasteiger partial charge in [-0.15, -0.1) is 0 Å². The molecule has 1 atom stereocenters. The molecule has 0 saturated carbocycles. The largest absolute Gasteiger partial charge is 0.394 e. The van der Waals surface area contributed by atoms with E-state index >= 15 is 0 Å². The van der Waals surface area contributed by atoms with Crippen LogP contribution < -0.4 is 5.32 Å². The number of nitrogens with one attached hydrogen (secondary N) is 2. The molecule has 19 heavy (non-hydrogen) atoms. The number of para-hydroxylation sites is 1. The third kappa shape index (κ3) is 2.96. The van der Waals surface area contributed by atoms with Crippen molar-refractivity contribution in [1.29, 1.82) is 0 Å². The molecule has 0 aliphatic carbocycles. The van der Waals surface area contributed by atoms with Crippen LogP contribution >= 0.6 is 0 Å². The van der Waals surface area contributed by atoms with E-state index in [4.69, 9.17) is 5.11 Å². The highest BCUT2D eigenvalue weighted by Gasteiger charge is 2.12. The Bertz CT molecular complexity index is 571. The number of aliphatic hydroxyl groups excluding tert-OH is 1. The summed E-state index contributed by atoms with van der Waals surface area (Å²) >= 11 is 0. The van der Waals surface area contributed by atoms with Gasteiger partial charge in [0.05, 0.1) is 19.1 Å². The Morgan fingerprint density at radius 2 is 2.26 bits per heavy atom. The smallest absolute Gasteiger partial charge is 0.224 e.